The Labute approximate surface area is 131 Å². The summed E-state index contributed by atoms with van der Waals surface area (Å²) in [6.07, 6.45) is 1.95. The third-order valence-corrected chi connectivity index (χ3v) is 3.54. The number of aromatic nitrogens is 1. The lowest BCUT2D eigenvalue weighted by molar-refractivity contribution is -0.131. The van der Waals surface area contributed by atoms with Crippen LogP contribution in [0.1, 0.15) is 0 Å². The zero-order valence-electron chi connectivity index (χ0n) is 10.9. The van der Waals surface area contributed by atoms with Crippen molar-refractivity contribution in [2.45, 2.75) is 0 Å². The number of carbonyl (C=O) groups excluding carboxylic acids is 1. The first-order chi connectivity index (χ1) is 10.2. The van der Waals surface area contributed by atoms with Crippen molar-refractivity contribution in [3.8, 4) is 11.4 Å². The number of hydrogen-bond donors (Lipinski definition) is 0. The van der Waals surface area contributed by atoms with Gasteiger partial charge in [0.1, 0.15) is 11.6 Å². The van der Waals surface area contributed by atoms with Crippen LogP contribution in [0.4, 0.5) is 0 Å². The van der Waals surface area contributed by atoms with Gasteiger partial charge >= 0.3 is 5.97 Å². The number of ether oxygens (including phenoxy) is 1. The van der Waals surface area contributed by atoms with Gasteiger partial charge in [0.2, 0.25) is 0 Å². The van der Waals surface area contributed by atoms with Gasteiger partial charge in [-0.25, -0.2) is 0 Å². The van der Waals surface area contributed by atoms with Gasteiger partial charge in [-0.2, -0.15) is 0 Å². The topological polar surface area (TPSA) is 31.2 Å². The second kappa shape index (κ2) is 5.80. The fourth-order valence-corrected chi connectivity index (χ4v) is 2.43. The molecule has 0 saturated carbocycles. The minimum absolute atomic E-state index is 0.165. The average molecular weight is 320 g/mol. The summed E-state index contributed by atoms with van der Waals surface area (Å²) in [4.78, 5) is 11.2. The van der Waals surface area contributed by atoms with E-state index in [9.17, 15) is 4.79 Å². The molecule has 0 spiro atoms. The van der Waals surface area contributed by atoms with Crippen LogP contribution in [0.5, 0.6) is 5.75 Å². The Balaban J connectivity index is 2.01. The van der Waals surface area contributed by atoms with Crippen molar-refractivity contribution in [2.24, 2.45) is 0 Å². The maximum atomic E-state index is 11.2. The summed E-state index contributed by atoms with van der Waals surface area (Å²) in [6.45, 7) is 0. The van der Waals surface area contributed by atoms with Crippen molar-refractivity contribution < 1.29 is 9.53 Å². The van der Waals surface area contributed by atoms with E-state index in [-0.39, 0.29) is 5.88 Å². The van der Waals surface area contributed by atoms with Gasteiger partial charge in [0.25, 0.3) is 0 Å². The minimum atomic E-state index is -0.467. The molecule has 106 valence electrons. The fraction of sp³-hybridized carbons (Fsp3) is 0.0625. The van der Waals surface area contributed by atoms with Crippen LogP contribution < -0.4 is 4.74 Å². The lowest BCUT2D eigenvalue weighted by Crippen LogP contribution is -2.08. The van der Waals surface area contributed by atoms with E-state index in [1.54, 1.807) is 12.1 Å². The molecular weight excluding hydrogens is 309 g/mol. The number of fused-ring (bicyclic) bond motifs is 1. The Morgan fingerprint density at radius 3 is 2.76 bits per heavy atom. The summed E-state index contributed by atoms with van der Waals surface area (Å²) >= 11 is 11.5. The number of rotatable bonds is 3. The highest BCUT2D eigenvalue weighted by Crippen LogP contribution is 2.26. The SMILES string of the molecule is O=C(CCl)Oc1ccc2c(ccn2-c2cccc(Cl)c2)c1. The summed E-state index contributed by atoms with van der Waals surface area (Å²) in [5, 5.41) is 1.65. The molecular formula is C16H11Cl2NO2. The van der Waals surface area contributed by atoms with E-state index in [4.69, 9.17) is 27.9 Å². The molecule has 0 aliphatic rings. The van der Waals surface area contributed by atoms with Crippen LogP contribution in [0.15, 0.2) is 54.7 Å². The monoisotopic (exact) mass is 319 g/mol. The van der Waals surface area contributed by atoms with Crippen LogP contribution in [0, 0.1) is 0 Å². The van der Waals surface area contributed by atoms with Gasteiger partial charge in [-0.05, 0) is 42.5 Å². The van der Waals surface area contributed by atoms with Crippen molar-refractivity contribution in [1.82, 2.24) is 4.57 Å². The number of carbonyl (C=O) groups is 1. The Morgan fingerprint density at radius 2 is 2.00 bits per heavy atom. The fourth-order valence-electron chi connectivity index (χ4n) is 2.19. The van der Waals surface area contributed by atoms with Gasteiger partial charge < -0.3 is 9.30 Å². The van der Waals surface area contributed by atoms with E-state index in [1.807, 2.05) is 47.2 Å². The third kappa shape index (κ3) is 2.89. The minimum Gasteiger partial charge on any atom is -0.426 e. The number of benzene rings is 2. The first-order valence-corrected chi connectivity index (χ1v) is 7.22. The standard InChI is InChI=1S/C16H11Cl2NO2/c17-10-16(20)21-14-4-5-15-11(8-14)6-7-19(15)13-3-1-2-12(18)9-13/h1-9H,10H2. The van der Waals surface area contributed by atoms with Crippen molar-refractivity contribution in [1.29, 1.82) is 0 Å². The Morgan fingerprint density at radius 1 is 1.14 bits per heavy atom. The molecule has 21 heavy (non-hydrogen) atoms. The molecule has 0 aliphatic heterocycles. The van der Waals surface area contributed by atoms with Gasteiger partial charge in [0.15, 0.2) is 0 Å². The molecule has 3 rings (SSSR count). The van der Waals surface area contributed by atoms with Gasteiger partial charge in [-0.1, -0.05) is 17.7 Å². The number of hydrogen-bond acceptors (Lipinski definition) is 2. The number of halogens is 2. The van der Waals surface area contributed by atoms with Crippen LogP contribution in [0.25, 0.3) is 16.6 Å². The van der Waals surface area contributed by atoms with Gasteiger partial charge in [0, 0.05) is 22.3 Å². The lowest BCUT2D eigenvalue weighted by atomic mass is 10.2. The molecule has 0 unspecified atom stereocenters. The summed E-state index contributed by atoms with van der Waals surface area (Å²) in [5.41, 5.74) is 1.98. The van der Waals surface area contributed by atoms with Crippen molar-refractivity contribution in [3.05, 3.63) is 59.8 Å². The Hall–Kier alpha value is -1.97. The highest BCUT2D eigenvalue weighted by molar-refractivity contribution is 6.30. The van der Waals surface area contributed by atoms with E-state index in [2.05, 4.69) is 0 Å². The molecule has 3 nitrogen and oxygen atoms in total. The molecule has 1 heterocycles. The second-order valence-corrected chi connectivity index (χ2v) is 5.20. The smallest absolute Gasteiger partial charge is 0.326 e. The molecule has 3 aromatic rings. The van der Waals surface area contributed by atoms with Crippen LogP contribution in [-0.2, 0) is 4.79 Å². The zero-order valence-corrected chi connectivity index (χ0v) is 12.4. The third-order valence-electron chi connectivity index (χ3n) is 3.09. The molecule has 0 fully saturated rings. The largest absolute Gasteiger partial charge is 0.426 e. The molecule has 0 N–H and O–H groups in total. The molecule has 0 bridgehead atoms. The predicted molar refractivity (Wildman–Crippen MR) is 84.6 cm³/mol. The maximum absolute atomic E-state index is 11.2. The number of alkyl halides is 1. The van der Waals surface area contributed by atoms with E-state index >= 15 is 0 Å². The van der Waals surface area contributed by atoms with Crippen LogP contribution in [0.2, 0.25) is 5.02 Å². The van der Waals surface area contributed by atoms with Crippen LogP contribution >= 0.6 is 23.2 Å². The second-order valence-electron chi connectivity index (χ2n) is 4.49. The first kappa shape index (κ1) is 14.0. The highest BCUT2D eigenvalue weighted by atomic mass is 35.5. The van der Waals surface area contributed by atoms with E-state index in [0.29, 0.717) is 10.8 Å². The maximum Gasteiger partial charge on any atom is 0.326 e. The van der Waals surface area contributed by atoms with E-state index in [1.165, 1.54) is 0 Å². The zero-order chi connectivity index (χ0) is 14.8. The summed E-state index contributed by atoms with van der Waals surface area (Å²) in [5.74, 6) is -0.149. The van der Waals surface area contributed by atoms with Gasteiger partial charge in [0.05, 0.1) is 5.52 Å². The molecule has 0 radical (unpaired) electrons. The predicted octanol–water partition coefficient (Wildman–Crippen LogP) is 4.43. The molecule has 0 amide bonds. The molecule has 0 aliphatic carbocycles. The Kier molecular flexibility index (Phi) is 3.86. The molecule has 1 aromatic heterocycles. The summed E-state index contributed by atoms with van der Waals surface area (Å²) < 4.78 is 7.13. The number of esters is 1. The van der Waals surface area contributed by atoms with E-state index in [0.717, 1.165) is 16.6 Å². The molecule has 2 aromatic carbocycles. The molecule has 0 atom stereocenters. The first-order valence-electron chi connectivity index (χ1n) is 6.31. The molecule has 5 heteroatoms. The quantitative estimate of drug-likeness (QED) is 0.406. The average Bonchev–Trinajstić information content (AvgIpc) is 2.90. The molecule has 0 saturated heterocycles. The van der Waals surface area contributed by atoms with Crippen LogP contribution in [0.3, 0.4) is 0 Å². The van der Waals surface area contributed by atoms with Gasteiger partial charge in [-0.3, -0.25) is 4.79 Å². The van der Waals surface area contributed by atoms with Gasteiger partial charge in [-0.15, -0.1) is 11.6 Å². The van der Waals surface area contributed by atoms with Crippen LogP contribution in [-0.4, -0.2) is 16.4 Å². The van der Waals surface area contributed by atoms with E-state index < -0.39 is 5.97 Å². The van der Waals surface area contributed by atoms with Crippen molar-refractivity contribution >= 4 is 40.1 Å². The van der Waals surface area contributed by atoms with Crippen molar-refractivity contribution in [3.63, 3.8) is 0 Å². The highest BCUT2D eigenvalue weighted by Gasteiger charge is 2.07. The van der Waals surface area contributed by atoms with Crippen molar-refractivity contribution in [2.75, 3.05) is 5.88 Å². The summed E-state index contributed by atoms with van der Waals surface area (Å²) in [7, 11) is 0. The number of nitrogens with zero attached hydrogens (tertiary/aromatic N) is 1. The normalized spacial score (nSPS) is 10.8. The summed E-state index contributed by atoms with van der Waals surface area (Å²) in [6, 6.07) is 15.0. The Bertz CT molecular complexity index is 811. The lowest BCUT2D eigenvalue weighted by Gasteiger charge is -2.07.